The monoisotopic (exact) mass is 344 g/mol. The number of primary amides is 1. The molecule has 0 radical (unpaired) electrons. The second kappa shape index (κ2) is 6.70. The zero-order valence-electron chi connectivity index (χ0n) is 15.0. The van der Waals surface area contributed by atoms with Gasteiger partial charge in [-0.15, -0.1) is 0 Å². The summed E-state index contributed by atoms with van der Waals surface area (Å²) < 4.78 is 4.77. The summed E-state index contributed by atoms with van der Waals surface area (Å²) in [7, 11) is 1.26. The summed E-state index contributed by atoms with van der Waals surface area (Å²) in [6.07, 6.45) is 3.38. The van der Waals surface area contributed by atoms with Crippen molar-refractivity contribution in [3.63, 3.8) is 0 Å². The molecule has 1 aliphatic rings. The van der Waals surface area contributed by atoms with E-state index in [4.69, 9.17) is 10.5 Å². The summed E-state index contributed by atoms with van der Waals surface area (Å²) in [5.41, 5.74) is 4.45. The van der Waals surface area contributed by atoms with Crippen LogP contribution in [0.2, 0.25) is 0 Å². The minimum atomic E-state index is -1.45. The fraction of sp³-hybridized carbons (Fsp3) is 0.421. The first-order chi connectivity index (χ1) is 11.6. The van der Waals surface area contributed by atoms with Crippen molar-refractivity contribution in [2.75, 3.05) is 7.11 Å². The van der Waals surface area contributed by atoms with E-state index in [0.717, 1.165) is 5.56 Å². The number of carbonyl (C=O) groups is 3. The molecule has 1 saturated heterocycles. The lowest BCUT2D eigenvalue weighted by Crippen LogP contribution is -2.74. The zero-order chi connectivity index (χ0) is 18.8. The van der Waals surface area contributed by atoms with Crippen LogP contribution < -0.4 is 5.73 Å². The predicted octanol–water partition coefficient (Wildman–Crippen LogP) is 1.74. The minimum Gasteiger partial charge on any atom is -0.467 e. The van der Waals surface area contributed by atoms with Gasteiger partial charge in [-0.05, 0) is 17.1 Å². The highest BCUT2D eigenvalue weighted by molar-refractivity contribution is 6.02. The number of amides is 2. The number of hydrogen-bond donors (Lipinski definition) is 1. The van der Waals surface area contributed by atoms with Crippen LogP contribution >= 0.6 is 0 Å². The highest BCUT2D eigenvalue weighted by atomic mass is 16.5. The maximum Gasteiger partial charge on any atom is 0.329 e. The Hall–Kier alpha value is -2.63. The molecule has 0 bridgehead atoms. The van der Waals surface area contributed by atoms with E-state index in [9.17, 15) is 14.4 Å². The molecular weight excluding hydrogens is 320 g/mol. The molecule has 2 atom stereocenters. The molecule has 2 rings (SSSR count). The SMILES string of the molecule is COC(=O)C1CC(=O)N1C(C=Cc1ccccc1)(C(N)=O)C(C)(C)C. The number of esters is 1. The summed E-state index contributed by atoms with van der Waals surface area (Å²) in [6.45, 7) is 5.44. The van der Waals surface area contributed by atoms with E-state index in [1.165, 1.54) is 12.0 Å². The quantitative estimate of drug-likeness (QED) is 0.651. The van der Waals surface area contributed by atoms with Gasteiger partial charge < -0.3 is 15.4 Å². The topological polar surface area (TPSA) is 89.7 Å². The molecule has 134 valence electrons. The maximum atomic E-state index is 12.6. The smallest absolute Gasteiger partial charge is 0.329 e. The molecule has 1 heterocycles. The van der Waals surface area contributed by atoms with Gasteiger partial charge in [-0.2, -0.15) is 0 Å². The van der Waals surface area contributed by atoms with E-state index in [2.05, 4.69) is 0 Å². The van der Waals surface area contributed by atoms with Gasteiger partial charge >= 0.3 is 5.97 Å². The van der Waals surface area contributed by atoms with Crippen molar-refractivity contribution in [1.82, 2.24) is 4.90 Å². The van der Waals surface area contributed by atoms with Gasteiger partial charge in [-0.25, -0.2) is 4.79 Å². The van der Waals surface area contributed by atoms with Crippen LogP contribution in [-0.2, 0) is 19.1 Å². The van der Waals surface area contributed by atoms with Crippen LogP contribution in [0, 0.1) is 5.41 Å². The lowest BCUT2D eigenvalue weighted by atomic mass is 9.68. The minimum absolute atomic E-state index is 0.0109. The molecular formula is C19H24N2O4. The number of nitrogens with zero attached hydrogens (tertiary/aromatic N) is 1. The van der Waals surface area contributed by atoms with E-state index in [-0.39, 0.29) is 12.3 Å². The number of ether oxygens (including phenoxy) is 1. The molecule has 2 amide bonds. The second-order valence-electron chi connectivity index (χ2n) is 7.13. The molecule has 0 aliphatic carbocycles. The van der Waals surface area contributed by atoms with E-state index in [1.54, 1.807) is 12.2 Å². The maximum absolute atomic E-state index is 12.6. The largest absolute Gasteiger partial charge is 0.467 e. The Bertz CT molecular complexity index is 706. The molecule has 0 aromatic heterocycles. The van der Waals surface area contributed by atoms with E-state index >= 15 is 0 Å². The van der Waals surface area contributed by atoms with Crippen molar-refractivity contribution in [1.29, 1.82) is 0 Å². The lowest BCUT2D eigenvalue weighted by Gasteiger charge is -2.54. The molecule has 2 N–H and O–H groups in total. The van der Waals surface area contributed by atoms with E-state index < -0.39 is 28.9 Å². The van der Waals surface area contributed by atoms with Crippen molar-refractivity contribution in [2.45, 2.75) is 38.8 Å². The molecule has 0 spiro atoms. The van der Waals surface area contributed by atoms with Crippen LogP contribution in [-0.4, -0.2) is 41.4 Å². The first-order valence-electron chi connectivity index (χ1n) is 8.09. The number of nitrogens with two attached hydrogens (primary N) is 1. The van der Waals surface area contributed by atoms with E-state index in [1.807, 2.05) is 51.1 Å². The van der Waals surface area contributed by atoms with Crippen molar-refractivity contribution < 1.29 is 19.1 Å². The Morgan fingerprint density at radius 3 is 2.28 bits per heavy atom. The molecule has 0 saturated carbocycles. The molecule has 6 nitrogen and oxygen atoms in total. The summed E-state index contributed by atoms with van der Waals surface area (Å²) in [4.78, 5) is 38.2. The fourth-order valence-corrected chi connectivity index (χ4v) is 3.23. The number of benzene rings is 1. The standard InChI is InChI=1S/C19H24N2O4/c1-18(2,3)19(17(20)24,11-10-13-8-6-5-7-9-13)21-14(12-15(21)22)16(23)25-4/h5-11,14H,12H2,1-4H3,(H2,20,24). The average Bonchev–Trinajstić information content (AvgIpc) is 2.54. The second-order valence-corrected chi connectivity index (χ2v) is 7.13. The normalized spacial score (nSPS) is 20.1. The highest BCUT2D eigenvalue weighted by Gasteiger charge is 2.60. The van der Waals surface area contributed by atoms with Crippen LogP contribution in [0.15, 0.2) is 36.4 Å². The van der Waals surface area contributed by atoms with Crippen LogP contribution in [0.25, 0.3) is 6.08 Å². The van der Waals surface area contributed by atoms with Crippen LogP contribution in [0.3, 0.4) is 0 Å². The van der Waals surface area contributed by atoms with Gasteiger partial charge in [0.2, 0.25) is 11.8 Å². The first-order valence-corrected chi connectivity index (χ1v) is 8.09. The lowest BCUT2D eigenvalue weighted by molar-refractivity contribution is -0.178. The van der Waals surface area contributed by atoms with Crippen LogP contribution in [0.1, 0.15) is 32.8 Å². The number of hydrogen-bond acceptors (Lipinski definition) is 4. The third-order valence-corrected chi connectivity index (χ3v) is 4.64. The van der Waals surface area contributed by atoms with Crippen molar-refractivity contribution in [3.05, 3.63) is 42.0 Å². The molecule has 6 heteroatoms. The Morgan fingerprint density at radius 1 is 1.24 bits per heavy atom. The number of β-lactam (4-membered cyclic amide) rings is 1. The third kappa shape index (κ3) is 3.16. The van der Waals surface area contributed by atoms with Gasteiger partial charge in [0.25, 0.3) is 0 Å². The van der Waals surface area contributed by atoms with Gasteiger partial charge in [-0.3, -0.25) is 9.59 Å². The van der Waals surface area contributed by atoms with Crippen molar-refractivity contribution in [2.24, 2.45) is 11.1 Å². The number of carbonyl (C=O) groups excluding carboxylic acids is 3. The molecule has 1 fully saturated rings. The number of likely N-dealkylation sites (tertiary alicyclic amines) is 1. The Morgan fingerprint density at radius 2 is 1.84 bits per heavy atom. The Balaban J connectivity index is 2.56. The predicted molar refractivity (Wildman–Crippen MR) is 94.1 cm³/mol. The van der Waals surface area contributed by atoms with Gasteiger partial charge in [0.05, 0.1) is 13.5 Å². The average molecular weight is 344 g/mol. The van der Waals surface area contributed by atoms with Crippen molar-refractivity contribution in [3.8, 4) is 0 Å². The molecule has 1 aromatic carbocycles. The zero-order valence-corrected chi connectivity index (χ0v) is 15.0. The highest BCUT2D eigenvalue weighted by Crippen LogP contribution is 2.43. The molecule has 1 aromatic rings. The van der Waals surface area contributed by atoms with Crippen LogP contribution in [0.5, 0.6) is 0 Å². The van der Waals surface area contributed by atoms with Gasteiger partial charge in [0, 0.05) is 0 Å². The molecule has 2 unspecified atom stereocenters. The van der Waals surface area contributed by atoms with Gasteiger partial charge in [0.15, 0.2) is 0 Å². The number of methoxy groups -OCH3 is 1. The summed E-state index contributed by atoms with van der Waals surface area (Å²) in [6, 6.07) is 8.56. The molecule has 1 aliphatic heterocycles. The summed E-state index contributed by atoms with van der Waals surface area (Å²) in [5, 5.41) is 0. The van der Waals surface area contributed by atoms with Gasteiger partial charge in [0.1, 0.15) is 11.6 Å². The van der Waals surface area contributed by atoms with Crippen LogP contribution in [0.4, 0.5) is 0 Å². The fourth-order valence-electron chi connectivity index (χ4n) is 3.23. The number of rotatable bonds is 5. The first kappa shape index (κ1) is 18.7. The van der Waals surface area contributed by atoms with E-state index in [0.29, 0.717) is 0 Å². The van der Waals surface area contributed by atoms with Gasteiger partial charge in [-0.1, -0.05) is 57.2 Å². The Kier molecular flexibility index (Phi) is 5.02. The Labute approximate surface area is 147 Å². The summed E-state index contributed by atoms with van der Waals surface area (Å²) in [5.74, 6) is -1.54. The third-order valence-electron chi connectivity index (χ3n) is 4.64. The summed E-state index contributed by atoms with van der Waals surface area (Å²) >= 11 is 0. The van der Waals surface area contributed by atoms with Crippen molar-refractivity contribution >= 4 is 23.9 Å². The molecule has 25 heavy (non-hydrogen) atoms.